The Kier molecular flexibility index (Phi) is 7.54. The Morgan fingerprint density at radius 3 is 1.45 bits per heavy atom. The Morgan fingerprint density at radius 2 is 1.10 bits per heavy atom. The first-order chi connectivity index (χ1) is 18.9. The van der Waals surface area contributed by atoms with Crippen molar-refractivity contribution in [3.05, 3.63) is 133 Å². The van der Waals surface area contributed by atoms with Gasteiger partial charge in [0, 0.05) is 76.0 Å². The summed E-state index contributed by atoms with van der Waals surface area (Å²) in [6.07, 6.45) is 10.4. The number of aromatic nitrogens is 6. The van der Waals surface area contributed by atoms with E-state index in [0.29, 0.717) is 22.5 Å². The molecule has 0 unspecified atom stereocenters. The zero-order valence-corrected chi connectivity index (χ0v) is 23.8. The van der Waals surface area contributed by atoms with Crippen molar-refractivity contribution >= 4 is 0 Å². The monoisotopic (exact) mass is 711 g/mol. The molecule has 0 amide bonds. The minimum absolute atomic E-state index is 0. The standard InChI is InChI=1S/C31H22F2N6.Pt/c1-31(2,27-13-11-25(38-17-15-34-19-38)29(36-27)21-3-7-23(32)8-4-21)28-14-12-26(39-18-16-35-20-39)30(37-28)22-5-9-24(33)10-6-22;/h3,5,7-20H,1-2H3;/q-2;+2. The maximum Gasteiger partial charge on any atom is 2.00 e. The van der Waals surface area contributed by atoms with Crippen LogP contribution in [-0.2, 0) is 26.5 Å². The molecule has 6 nitrogen and oxygen atoms in total. The Bertz CT molecular complexity index is 1600. The molecule has 0 radical (unpaired) electrons. The molecule has 0 aliphatic heterocycles. The van der Waals surface area contributed by atoms with Gasteiger partial charge in [0.05, 0.1) is 12.7 Å². The predicted octanol–water partition coefficient (Wildman–Crippen LogP) is 6.38. The fraction of sp³-hybridized carbons (Fsp3) is 0.0968. The number of halogens is 2. The molecular weight excluding hydrogens is 689 g/mol. The van der Waals surface area contributed by atoms with Crippen LogP contribution in [0.5, 0.6) is 0 Å². The van der Waals surface area contributed by atoms with Crippen molar-refractivity contribution in [2.24, 2.45) is 0 Å². The SMILES string of the molecule is CC(C)(c1ccc(-n2ccnc2)c(-c2[c-]cc(F)cc2)n1)c1ccc(-n2ccnc2)c(-c2[c-]cc(F)cc2)n1.[Pt+2]. The maximum absolute atomic E-state index is 13.7. The Morgan fingerprint density at radius 1 is 0.650 bits per heavy atom. The molecule has 6 aromatic rings. The summed E-state index contributed by atoms with van der Waals surface area (Å²) in [4.78, 5) is 18.4. The second-order valence-corrected chi connectivity index (χ2v) is 9.53. The third kappa shape index (κ3) is 5.15. The molecule has 4 heterocycles. The summed E-state index contributed by atoms with van der Waals surface area (Å²) in [6.45, 7) is 4.09. The third-order valence-electron chi connectivity index (χ3n) is 6.65. The van der Waals surface area contributed by atoms with Crippen molar-refractivity contribution in [2.45, 2.75) is 19.3 Å². The molecule has 0 fully saturated rings. The smallest absolute Gasteiger partial charge is 0.313 e. The minimum Gasteiger partial charge on any atom is -0.313 e. The summed E-state index contributed by atoms with van der Waals surface area (Å²) < 4.78 is 31.1. The van der Waals surface area contributed by atoms with Gasteiger partial charge in [0.2, 0.25) is 0 Å². The van der Waals surface area contributed by atoms with Crippen molar-refractivity contribution in [1.29, 1.82) is 0 Å². The number of benzene rings is 2. The van der Waals surface area contributed by atoms with Gasteiger partial charge in [0.15, 0.2) is 0 Å². The van der Waals surface area contributed by atoms with E-state index >= 15 is 0 Å². The zero-order chi connectivity index (χ0) is 27.0. The van der Waals surface area contributed by atoms with Crippen LogP contribution in [0.1, 0.15) is 25.2 Å². The van der Waals surface area contributed by atoms with E-state index in [4.69, 9.17) is 9.97 Å². The fourth-order valence-corrected chi connectivity index (χ4v) is 4.45. The molecule has 0 aliphatic carbocycles. The molecule has 0 N–H and O–H groups in total. The first kappa shape index (κ1) is 27.3. The zero-order valence-electron chi connectivity index (χ0n) is 21.5. The van der Waals surface area contributed by atoms with Gasteiger partial charge in [-0.1, -0.05) is 0 Å². The molecule has 6 rings (SSSR count). The van der Waals surface area contributed by atoms with Gasteiger partial charge in [-0.05, 0) is 38.1 Å². The van der Waals surface area contributed by atoms with E-state index in [2.05, 4.69) is 22.1 Å². The van der Waals surface area contributed by atoms with Crippen molar-refractivity contribution < 1.29 is 29.8 Å². The average molecular weight is 712 g/mol. The van der Waals surface area contributed by atoms with Crippen LogP contribution in [0.15, 0.2) is 98.1 Å². The number of hydrogen-bond donors (Lipinski definition) is 0. The van der Waals surface area contributed by atoms with Crippen LogP contribution in [0.2, 0.25) is 0 Å². The molecule has 9 heteroatoms. The quantitative estimate of drug-likeness (QED) is 0.188. The number of pyridine rings is 2. The third-order valence-corrected chi connectivity index (χ3v) is 6.65. The van der Waals surface area contributed by atoms with Gasteiger partial charge < -0.3 is 9.13 Å². The van der Waals surface area contributed by atoms with Gasteiger partial charge in [-0.25, -0.2) is 9.97 Å². The number of hydrogen-bond acceptors (Lipinski definition) is 4. The summed E-state index contributed by atoms with van der Waals surface area (Å²) in [6, 6.07) is 22.6. The largest absolute Gasteiger partial charge is 2.00 e. The van der Waals surface area contributed by atoms with Gasteiger partial charge in [-0.15, -0.1) is 59.7 Å². The van der Waals surface area contributed by atoms with Gasteiger partial charge in [-0.2, -0.15) is 0 Å². The summed E-state index contributed by atoms with van der Waals surface area (Å²) >= 11 is 0. The van der Waals surface area contributed by atoms with Crippen molar-refractivity contribution in [2.75, 3.05) is 0 Å². The van der Waals surface area contributed by atoms with E-state index in [1.165, 1.54) is 24.3 Å². The minimum atomic E-state index is -0.634. The Balaban J connectivity index is 0.00000323. The van der Waals surface area contributed by atoms with E-state index in [1.807, 2.05) is 59.6 Å². The average Bonchev–Trinajstić information content (AvgIpc) is 3.69. The molecule has 4 aromatic heterocycles. The van der Waals surface area contributed by atoms with Gasteiger partial charge in [0.25, 0.3) is 0 Å². The fourth-order valence-electron chi connectivity index (χ4n) is 4.45. The van der Waals surface area contributed by atoms with E-state index in [9.17, 15) is 8.78 Å². The number of imidazole rings is 2. The topological polar surface area (TPSA) is 61.4 Å². The summed E-state index contributed by atoms with van der Waals surface area (Å²) in [7, 11) is 0. The predicted molar refractivity (Wildman–Crippen MR) is 143 cm³/mol. The molecule has 0 bridgehead atoms. The van der Waals surface area contributed by atoms with Crippen molar-refractivity contribution in [3.63, 3.8) is 0 Å². The van der Waals surface area contributed by atoms with Crippen molar-refractivity contribution in [3.8, 4) is 33.9 Å². The molecule has 2 aromatic carbocycles. The van der Waals surface area contributed by atoms with Crippen LogP contribution in [0.3, 0.4) is 0 Å². The summed E-state index contributed by atoms with van der Waals surface area (Å²) in [5.74, 6) is -0.738. The van der Waals surface area contributed by atoms with E-state index < -0.39 is 5.41 Å². The first-order valence-corrected chi connectivity index (χ1v) is 12.2. The van der Waals surface area contributed by atoms with E-state index in [0.717, 1.165) is 22.8 Å². The van der Waals surface area contributed by atoms with Crippen LogP contribution < -0.4 is 0 Å². The van der Waals surface area contributed by atoms with Crippen LogP contribution in [0, 0.1) is 23.8 Å². The van der Waals surface area contributed by atoms with Crippen molar-refractivity contribution in [1.82, 2.24) is 29.1 Å². The van der Waals surface area contributed by atoms with Crippen LogP contribution in [0.25, 0.3) is 33.9 Å². The second-order valence-electron chi connectivity index (χ2n) is 9.53. The maximum atomic E-state index is 13.7. The molecule has 0 saturated heterocycles. The molecule has 0 aliphatic rings. The van der Waals surface area contributed by atoms with Gasteiger partial charge >= 0.3 is 21.1 Å². The molecule has 0 spiro atoms. The Hall–Kier alpha value is -4.29. The van der Waals surface area contributed by atoms with Gasteiger partial charge in [-0.3, -0.25) is 18.7 Å². The van der Waals surface area contributed by atoms with E-state index in [1.54, 1.807) is 37.2 Å². The van der Waals surface area contributed by atoms with Crippen LogP contribution >= 0.6 is 0 Å². The summed E-state index contributed by atoms with van der Waals surface area (Å²) in [5, 5.41) is 0. The molecule has 40 heavy (non-hydrogen) atoms. The summed E-state index contributed by atoms with van der Waals surface area (Å²) in [5.41, 5.74) is 5.06. The first-order valence-electron chi connectivity index (χ1n) is 12.2. The molecule has 0 saturated carbocycles. The number of nitrogens with zero attached hydrogens (tertiary/aromatic N) is 6. The second kappa shape index (κ2) is 11.1. The van der Waals surface area contributed by atoms with Crippen LogP contribution in [-0.4, -0.2) is 29.1 Å². The Labute approximate surface area is 244 Å². The van der Waals surface area contributed by atoms with E-state index in [-0.39, 0.29) is 32.7 Å². The molecular formula is C31H22F2N6Pt. The molecule has 0 atom stereocenters. The van der Waals surface area contributed by atoms with Crippen LogP contribution in [0.4, 0.5) is 8.78 Å². The number of rotatable bonds is 6. The van der Waals surface area contributed by atoms with Gasteiger partial charge in [0.1, 0.15) is 0 Å². The molecule has 200 valence electrons. The normalized spacial score (nSPS) is 11.3.